The first-order valence-electron chi connectivity index (χ1n) is 36.4. The molecule has 12 aromatic carbocycles. The van der Waals surface area contributed by atoms with E-state index in [-0.39, 0.29) is 0 Å². The fourth-order valence-electron chi connectivity index (χ4n) is 23.2. The van der Waals surface area contributed by atoms with E-state index in [2.05, 4.69) is 329 Å². The van der Waals surface area contributed by atoms with Gasteiger partial charge in [0, 0.05) is 0 Å². The summed E-state index contributed by atoms with van der Waals surface area (Å²) in [6, 6.07) is 93.8. The second-order valence-corrected chi connectivity index (χ2v) is 96.4. The molecule has 0 saturated heterocycles. The summed E-state index contributed by atoms with van der Waals surface area (Å²) in [5.74, 6) is 0. The normalized spacial score (nSPS) is 19.1. The van der Waals surface area contributed by atoms with Crippen LogP contribution in [0.5, 0.6) is 0 Å². The molecular weight excluding hydrogens is 1260 g/mol. The van der Waals surface area contributed by atoms with Crippen molar-refractivity contribution in [3.05, 3.63) is 309 Å². The van der Waals surface area contributed by atoms with E-state index in [4.69, 9.17) is 0 Å². The van der Waals surface area contributed by atoms with Gasteiger partial charge in [-0.05, 0) is 0 Å². The van der Waals surface area contributed by atoms with E-state index in [0.717, 1.165) is 0 Å². The standard InChI is InChI=1S/4C20H15.C6H12.2CH5Si.4CH3.2Ti/c4*1-14-12-16-8-5-11-19(20(16)13-14)18-10-4-7-15-6-2-3-9-17(15)18;1-3-5-6-4-2;2*1-2;;;;;;/h4*2-13H,1H3;1-6H2;2*2H2,1H3;4*1H3;;. The minimum absolute atomic E-state index is 0.408. The van der Waals surface area contributed by atoms with Crippen LogP contribution in [0.15, 0.2) is 265 Å². The average Bonchev–Trinajstić information content (AvgIpc) is 1.33. The van der Waals surface area contributed by atoms with E-state index >= 15 is 0 Å². The van der Waals surface area contributed by atoms with E-state index in [0.29, 0.717) is 16.9 Å². The summed E-state index contributed by atoms with van der Waals surface area (Å²) in [7, 11) is -1.45. The Labute approximate surface area is 571 Å². The maximum absolute atomic E-state index is 4.60. The van der Waals surface area contributed by atoms with Crippen molar-refractivity contribution in [1.29, 1.82) is 0 Å². The Bertz CT molecular complexity index is 4750. The minimum atomic E-state index is -4.60. The molecule has 0 aromatic heterocycles. The Kier molecular flexibility index (Phi) is 14.8. The van der Waals surface area contributed by atoms with Crippen LogP contribution in [0.1, 0.15) is 115 Å². The molecule has 4 aliphatic carbocycles. The molecule has 4 heteroatoms. The third kappa shape index (κ3) is 9.25. The van der Waals surface area contributed by atoms with Gasteiger partial charge in [0.15, 0.2) is 0 Å². The summed E-state index contributed by atoms with van der Waals surface area (Å²) in [6.45, 7) is 15.8. The fraction of sp³-hybridized carbons (Fsp3) is 0.217. The molecule has 4 aliphatic rings. The third-order valence-corrected chi connectivity index (χ3v) is 94.8. The molecule has 16 rings (SSSR count). The van der Waals surface area contributed by atoms with Crippen LogP contribution < -0.4 is 0 Å². The van der Waals surface area contributed by atoms with E-state index < -0.39 is 41.3 Å². The van der Waals surface area contributed by atoms with Gasteiger partial charge in [0.05, 0.1) is 0 Å². The number of fused-ring (bicyclic) bond motifs is 8. The van der Waals surface area contributed by atoms with Gasteiger partial charge < -0.3 is 0 Å². The summed E-state index contributed by atoms with van der Waals surface area (Å²) in [5.41, 5.74) is 29.7. The number of rotatable bonds is 17. The van der Waals surface area contributed by atoms with E-state index in [1.807, 2.05) is 0 Å². The molecule has 0 amide bonds. The van der Waals surface area contributed by atoms with Gasteiger partial charge in [-0.15, -0.1) is 0 Å². The summed E-state index contributed by atoms with van der Waals surface area (Å²) in [5, 5.41) is 22.8. The predicted octanol–water partition coefficient (Wildman–Crippen LogP) is 26.2. The molecule has 0 fully saturated rings. The molecule has 0 saturated carbocycles. The third-order valence-electron chi connectivity index (χ3n) is 27.8. The maximum atomic E-state index is 3.05. The van der Waals surface area contributed by atoms with Gasteiger partial charge >= 0.3 is 576 Å². The first-order chi connectivity index (χ1) is 46.4. The van der Waals surface area contributed by atoms with Gasteiger partial charge in [0.1, 0.15) is 0 Å². The number of unbranched alkanes of at least 4 members (excludes halogenated alkanes) is 3. The van der Waals surface area contributed by atoms with Crippen molar-refractivity contribution in [2.75, 3.05) is 0 Å². The second-order valence-electron chi connectivity index (χ2n) is 33.9. The van der Waals surface area contributed by atoms with Crippen LogP contribution in [0.4, 0.5) is 0 Å². The molecule has 0 nitrogen and oxygen atoms in total. The summed E-state index contributed by atoms with van der Waals surface area (Å²) >= 11 is -9.20. The Hall–Kier alpha value is -7.50. The van der Waals surface area contributed by atoms with E-state index in [1.54, 1.807) is 44.5 Å². The van der Waals surface area contributed by atoms with Crippen molar-refractivity contribution in [2.24, 2.45) is 0 Å². The molecule has 0 aliphatic heterocycles. The molecular formula is C92H94Si2Ti2. The Morgan fingerprint density at radius 1 is 0.250 bits per heavy atom. The summed E-state index contributed by atoms with van der Waals surface area (Å²) in [4.78, 5) is 0. The van der Waals surface area contributed by atoms with Gasteiger partial charge in [0.2, 0.25) is 0 Å². The quantitative estimate of drug-likeness (QED) is 0.0630. The molecule has 0 N–H and O–H groups in total. The number of hydrogen-bond donors (Lipinski definition) is 0. The Morgan fingerprint density at radius 3 is 0.698 bits per heavy atom. The molecule has 0 bridgehead atoms. The predicted molar refractivity (Wildman–Crippen MR) is 423 cm³/mol. The monoisotopic (exact) mass is 1350 g/mol. The second kappa shape index (κ2) is 22.5. The van der Waals surface area contributed by atoms with Crippen molar-refractivity contribution in [3.8, 4) is 44.5 Å². The molecule has 4 unspecified atom stereocenters. The van der Waals surface area contributed by atoms with Crippen LogP contribution in [0, 0.1) is 0 Å². The molecule has 96 heavy (non-hydrogen) atoms. The first-order valence-corrected chi connectivity index (χ1v) is 59.3. The van der Waals surface area contributed by atoms with Crippen molar-refractivity contribution >= 4 is 82.2 Å². The number of benzene rings is 12. The van der Waals surface area contributed by atoms with E-state index in [9.17, 15) is 0 Å². The topological polar surface area (TPSA) is 0 Å². The van der Waals surface area contributed by atoms with Crippen LogP contribution in [-0.4, -0.2) is 14.8 Å². The van der Waals surface area contributed by atoms with Crippen molar-refractivity contribution in [2.45, 2.75) is 114 Å². The fourth-order valence-corrected chi connectivity index (χ4v) is 76.5. The van der Waals surface area contributed by atoms with Gasteiger partial charge in [0.25, 0.3) is 0 Å². The summed E-state index contributed by atoms with van der Waals surface area (Å²) < 4.78 is 4.31. The molecule has 0 spiro atoms. The molecule has 0 heterocycles. The number of hydrogen-bond acceptors (Lipinski definition) is 0. The van der Waals surface area contributed by atoms with Crippen molar-refractivity contribution in [1.82, 2.24) is 0 Å². The van der Waals surface area contributed by atoms with Crippen LogP contribution in [0.2, 0.25) is 43.5 Å². The van der Waals surface area contributed by atoms with Gasteiger partial charge in [-0.2, -0.15) is 0 Å². The van der Waals surface area contributed by atoms with Gasteiger partial charge in [-0.1, -0.05) is 0 Å². The first kappa shape index (κ1) is 63.3. The average molecular weight is 1350 g/mol. The van der Waals surface area contributed by atoms with Gasteiger partial charge in [-0.25, -0.2) is 0 Å². The van der Waals surface area contributed by atoms with Crippen LogP contribution >= 0.6 is 0 Å². The molecule has 4 atom stereocenters. The molecule has 0 radical (unpaired) electrons. The van der Waals surface area contributed by atoms with Crippen molar-refractivity contribution in [3.63, 3.8) is 0 Å². The zero-order valence-electron chi connectivity index (χ0n) is 58.4. The SMILES string of the molecule is C[SiH2][Ti]([CH3])([CH3])([CH2]CCCC[CH2][Ti]([CH3])([CH3])([SiH2]C)([CH]1C(C)=Cc2c(-c3cccc4ccccc34)cccc21)[CH]1C(C)=Cc2c(-c3cccc4ccccc34)cccc21)([CH]1C(C)=Cc2c(-c3cccc4ccccc34)cccc21)[CH]1C(C)=Cc2c(-c3cccc4ccccc34)cccc21. The Balaban J connectivity index is 0.809. The zero-order chi connectivity index (χ0) is 66.1. The van der Waals surface area contributed by atoms with Crippen LogP contribution in [-0.2, 0) is 26.6 Å². The Morgan fingerprint density at radius 2 is 0.458 bits per heavy atom. The van der Waals surface area contributed by atoms with Crippen LogP contribution in [0.25, 0.3) is 112 Å². The summed E-state index contributed by atoms with van der Waals surface area (Å²) in [6.07, 6.45) is 15.8. The molecule has 12 aromatic rings. The van der Waals surface area contributed by atoms with Crippen molar-refractivity contribution < 1.29 is 26.6 Å². The van der Waals surface area contributed by atoms with E-state index in [1.165, 1.54) is 145 Å². The molecule has 478 valence electrons. The van der Waals surface area contributed by atoms with Gasteiger partial charge in [-0.3, -0.25) is 0 Å². The van der Waals surface area contributed by atoms with Crippen LogP contribution in [0.3, 0.4) is 0 Å². The number of allylic oxidation sites excluding steroid dienone is 4. The zero-order valence-corrected chi connectivity index (χ0v) is 64.3.